The van der Waals surface area contributed by atoms with E-state index in [1.165, 1.54) is 0 Å². The Morgan fingerprint density at radius 3 is 2.47 bits per heavy atom. The van der Waals surface area contributed by atoms with E-state index < -0.39 is 0 Å². The first kappa shape index (κ1) is 13.3. The minimum Gasteiger partial charge on any atom is -0.351 e. The van der Waals surface area contributed by atoms with Crippen LogP contribution in [0.15, 0.2) is 36.9 Å². The molecule has 2 N–H and O–H groups in total. The van der Waals surface area contributed by atoms with Gasteiger partial charge in [-0.1, -0.05) is 17.7 Å². The van der Waals surface area contributed by atoms with Crippen molar-refractivity contribution < 1.29 is 9.59 Å². The summed E-state index contributed by atoms with van der Waals surface area (Å²) in [6.45, 7) is 3.79. The molecule has 0 atom stereocenters. The average Bonchev–Trinajstić information content (AvgIpc) is 2.34. The summed E-state index contributed by atoms with van der Waals surface area (Å²) in [7, 11) is 0. The van der Waals surface area contributed by atoms with E-state index in [9.17, 15) is 9.59 Å². The van der Waals surface area contributed by atoms with Crippen LogP contribution in [0.25, 0.3) is 0 Å². The van der Waals surface area contributed by atoms with Gasteiger partial charge >= 0.3 is 0 Å². The maximum Gasteiger partial charge on any atom is 0.251 e. The van der Waals surface area contributed by atoms with Crippen molar-refractivity contribution in [2.75, 3.05) is 13.1 Å². The highest BCUT2D eigenvalue weighted by molar-refractivity contribution is 6.30. The molecule has 0 heterocycles. The van der Waals surface area contributed by atoms with E-state index in [2.05, 4.69) is 17.2 Å². The molecule has 0 saturated carbocycles. The van der Waals surface area contributed by atoms with Crippen molar-refractivity contribution in [2.24, 2.45) is 0 Å². The first-order chi connectivity index (χ1) is 8.13. The number of carbonyl (C=O) groups is 2. The highest BCUT2D eigenvalue weighted by Gasteiger charge is 2.06. The van der Waals surface area contributed by atoms with Gasteiger partial charge in [0.05, 0.1) is 6.54 Å². The number of halogens is 1. The van der Waals surface area contributed by atoms with Gasteiger partial charge in [-0.3, -0.25) is 9.59 Å². The van der Waals surface area contributed by atoms with Gasteiger partial charge in [0.25, 0.3) is 5.91 Å². The first-order valence-electron chi connectivity index (χ1n) is 5.05. The summed E-state index contributed by atoms with van der Waals surface area (Å²) < 4.78 is 0. The first-order valence-corrected chi connectivity index (χ1v) is 5.42. The number of rotatable bonds is 5. The molecule has 0 aliphatic heterocycles. The molecular weight excluding hydrogens is 240 g/mol. The molecule has 0 spiro atoms. The smallest absolute Gasteiger partial charge is 0.251 e. The highest BCUT2D eigenvalue weighted by Crippen LogP contribution is 2.08. The Bertz CT molecular complexity index is 415. The number of hydrogen-bond acceptors (Lipinski definition) is 2. The van der Waals surface area contributed by atoms with Crippen LogP contribution < -0.4 is 10.6 Å². The Labute approximate surface area is 105 Å². The molecule has 0 aliphatic rings. The molecular formula is C12H13ClN2O2. The number of amides is 2. The molecule has 0 aromatic heterocycles. The van der Waals surface area contributed by atoms with Gasteiger partial charge in [0.2, 0.25) is 5.91 Å². The Hall–Kier alpha value is -1.81. The second-order valence-electron chi connectivity index (χ2n) is 3.28. The van der Waals surface area contributed by atoms with Crippen molar-refractivity contribution in [1.82, 2.24) is 10.6 Å². The zero-order chi connectivity index (χ0) is 12.7. The van der Waals surface area contributed by atoms with Gasteiger partial charge in [-0.2, -0.15) is 0 Å². The van der Waals surface area contributed by atoms with E-state index in [-0.39, 0.29) is 18.4 Å². The standard InChI is InChI=1S/C12H13ClN2O2/c1-2-7-14-11(16)8-15-12(17)9-3-5-10(13)6-4-9/h2-6H,1,7-8H2,(H,14,16)(H,15,17). The third-order valence-electron chi connectivity index (χ3n) is 1.96. The maximum atomic E-state index is 11.6. The average molecular weight is 253 g/mol. The van der Waals surface area contributed by atoms with Crippen LogP contribution in [-0.2, 0) is 4.79 Å². The Morgan fingerprint density at radius 1 is 1.24 bits per heavy atom. The van der Waals surface area contributed by atoms with Crippen LogP contribution >= 0.6 is 11.6 Å². The fraction of sp³-hybridized carbons (Fsp3) is 0.167. The molecule has 5 heteroatoms. The molecule has 17 heavy (non-hydrogen) atoms. The van der Waals surface area contributed by atoms with Gasteiger partial charge in [0.15, 0.2) is 0 Å². The Kier molecular flexibility index (Phi) is 5.23. The van der Waals surface area contributed by atoms with E-state index in [1.807, 2.05) is 0 Å². The van der Waals surface area contributed by atoms with E-state index >= 15 is 0 Å². The fourth-order valence-electron chi connectivity index (χ4n) is 1.11. The molecule has 0 saturated heterocycles. The van der Waals surface area contributed by atoms with Gasteiger partial charge in [-0.05, 0) is 24.3 Å². The van der Waals surface area contributed by atoms with Crippen molar-refractivity contribution in [3.05, 3.63) is 47.5 Å². The molecule has 0 aliphatic carbocycles. The minimum absolute atomic E-state index is 0.0602. The summed E-state index contributed by atoms with van der Waals surface area (Å²) in [5.74, 6) is -0.567. The number of hydrogen-bond donors (Lipinski definition) is 2. The van der Waals surface area contributed by atoms with E-state index in [4.69, 9.17) is 11.6 Å². The van der Waals surface area contributed by atoms with Gasteiger partial charge in [-0.25, -0.2) is 0 Å². The van der Waals surface area contributed by atoms with E-state index in [0.29, 0.717) is 17.1 Å². The van der Waals surface area contributed by atoms with Crippen LogP contribution in [0.2, 0.25) is 5.02 Å². The molecule has 1 aromatic rings. The van der Waals surface area contributed by atoms with Crippen molar-refractivity contribution in [2.45, 2.75) is 0 Å². The van der Waals surface area contributed by atoms with E-state index in [1.54, 1.807) is 30.3 Å². The highest BCUT2D eigenvalue weighted by atomic mass is 35.5. The minimum atomic E-state index is -0.310. The molecule has 4 nitrogen and oxygen atoms in total. The molecule has 1 rings (SSSR count). The summed E-state index contributed by atoms with van der Waals surface area (Å²) >= 11 is 5.70. The lowest BCUT2D eigenvalue weighted by Crippen LogP contribution is -2.36. The van der Waals surface area contributed by atoms with Crippen molar-refractivity contribution in [1.29, 1.82) is 0 Å². The Morgan fingerprint density at radius 2 is 1.88 bits per heavy atom. The SMILES string of the molecule is C=CCNC(=O)CNC(=O)c1ccc(Cl)cc1. The second kappa shape index (κ2) is 6.70. The van der Waals surface area contributed by atoms with Gasteiger partial charge in [0.1, 0.15) is 0 Å². The molecule has 0 bridgehead atoms. The van der Waals surface area contributed by atoms with E-state index in [0.717, 1.165) is 0 Å². The van der Waals surface area contributed by atoms with Crippen LogP contribution in [0.4, 0.5) is 0 Å². The molecule has 90 valence electrons. The van der Waals surface area contributed by atoms with Gasteiger partial charge < -0.3 is 10.6 Å². The lowest BCUT2D eigenvalue weighted by atomic mass is 10.2. The Balaban J connectivity index is 2.42. The largest absolute Gasteiger partial charge is 0.351 e. The molecule has 0 unspecified atom stereocenters. The third-order valence-corrected chi connectivity index (χ3v) is 2.21. The number of nitrogens with one attached hydrogen (secondary N) is 2. The van der Waals surface area contributed by atoms with Crippen molar-refractivity contribution in [3.8, 4) is 0 Å². The topological polar surface area (TPSA) is 58.2 Å². The monoisotopic (exact) mass is 252 g/mol. The van der Waals surface area contributed by atoms with Crippen LogP contribution in [0.3, 0.4) is 0 Å². The molecule has 0 fully saturated rings. The van der Waals surface area contributed by atoms with Gasteiger partial charge in [-0.15, -0.1) is 6.58 Å². The number of carbonyl (C=O) groups excluding carboxylic acids is 2. The predicted molar refractivity (Wildman–Crippen MR) is 67.0 cm³/mol. The quantitative estimate of drug-likeness (QED) is 0.778. The zero-order valence-corrected chi connectivity index (χ0v) is 9.96. The van der Waals surface area contributed by atoms with Crippen LogP contribution in [0.5, 0.6) is 0 Å². The van der Waals surface area contributed by atoms with Crippen LogP contribution in [0.1, 0.15) is 10.4 Å². The zero-order valence-electron chi connectivity index (χ0n) is 9.20. The third kappa shape index (κ3) is 4.70. The summed E-state index contributed by atoms with van der Waals surface area (Å²) in [6, 6.07) is 6.43. The van der Waals surface area contributed by atoms with Crippen LogP contribution in [0, 0.1) is 0 Å². The predicted octanol–water partition coefficient (Wildman–Crippen LogP) is 1.37. The van der Waals surface area contributed by atoms with Gasteiger partial charge in [0, 0.05) is 17.1 Å². The number of benzene rings is 1. The molecule has 2 amide bonds. The van der Waals surface area contributed by atoms with Crippen molar-refractivity contribution >= 4 is 23.4 Å². The lowest BCUT2D eigenvalue weighted by Gasteiger charge is -2.05. The molecule has 1 aromatic carbocycles. The summed E-state index contributed by atoms with van der Waals surface area (Å²) in [5.41, 5.74) is 0.464. The summed E-state index contributed by atoms with van der Waals surface area (Å²) in [6.07, 6.45) is 1.57. The normalized spacial score (nSPS) is 9.47. The second-order valence-corrected chi connectivity index (χ2v) is 3.72. The maximum absolute atomic E-state index is 11.6. The summed E-state index contributed by atoms with van der Waals surface area (Å²) in [5, 5.41) is 5.61. The fourth-order valence-corrected chi connectivity index (χ4v) is 1.24. The summed E-state index contributed by atoms with van der Waals surface area (Å²) in [4.78, 5) is 22.8. The molecule has 0 radical (unpaired) electrons. The lowest BCUT2D eigenvalue weighted by molar-refractivity contribution is -0.119. The van der Waals surface area contributed by atoms with Crippen LogP contribution in [-0.4, -0.2) is 24.9 Å². The van der Waals surface area contributed by atoms with Crippen molar-refractivity contribution in [3.63, 3.8) is 0 Å².